The minimum absolute atomic E-state index is 0.524. The van der Waals surface area contributed by atoms with Gasteiger partial charge in [-0.05, 0) is 36.4 Å². The summed E-state index contributed by atoms with van der Waals surface area (Å²) < 4.78 is 1.06. The van der Waals surface area contributed by atoms with Gasteiger partial charge in [-0.25, -0.2) is 4.98 Å². The molecule has 0 amide bonds. The second kappa shape index (κ2) is 4.31. The van der Waals surface area contributed by atoms with Crippen molar-refractivity contribution >= 4 is 33.1 Å². The van der Waals surface area contributed by atoms with Crippen LogP contribution in [0.15, 0.2) is 47.1 Å². The zero-order valence-corrected chi connectivity index (χ0v) is 9.53. The van der Waals surface area contributed by atoms with Crippen LogP contribution in [0.1, 0.15) is 0 Å². The zero-order chi connectivity index (χ0) is 10.7. The third-order valence-corrected chi connectivity index (χ3v) is 2.45. The fourth-order valence-electron chi connectivity index (χ4n) is 1.18. The van der Waals surface area contributed by atoms with Crippen LogP contribution in [-0.2, 0) is 0 Å². The Balaban J connectivity index is 2.15. The lowest BCUT2D eigenvalue weighted by atomic mass is 10.3. The standard InChI is InChI=1S/C11H10BrN3/c12-8-1-3-9(4-2-8)15-10-5-6-11(13)14-7-10/h1-7,15H,(H2,13,14). The van der Waals surface area contributed by atoms with E-state index in [1.165, 1.54) is 0 Å². The summed E-state index contributed by atoms with van der Waals surface area (Å²) >= 11 is 3.38. The number of hydrogen-bond donors (Lipinski definition) is 2. The summed E-state index contributed by atoms with van der Waals surface area (Å²) in [6.07, 6.45) is 1.71. The smallest absolute Gasteiger partial charge is 0.123 e. The van der Waals surface area contributed by atoms with Crippen LogP contribution in [0.4, 0.5) is 17.2 Å². The van der Waals surface area contributed by atoms with Gasteiger partial charge in [0.25, 0.3) is 0 Å². The van der Waals surface area contributed by atoms with E-state index < -0.39 is 0 Å². The highest BCUT2D eigenvalue weighted by Gasteiger charge is 1.94. The van der Waals surface area contributed by atoms with E-state index >= 15 is 0 Å². The molecule has 0 aliphatic heterocycles. The van der Waals surface area contributed by atoms with Crippen molar-refractivity contribution in [2.45, 2.75) is 0 Å². The molecule has 1 aromatic carbocycles. The number of hydrogen-bond acceptors (Lipinski definition) is 3. The lowest BCUT2D eigenvalue weighted by Gasteiger charge is -2.05. The average molecular weight is 264 g/mol. The van der Waals surface area contributed by atoms with Gasteiger partial charge in [-0.3, -0.25) is 0 Å². The highest BCUT2D eigenvalue weighted by Crippen LogP contribution is 2.18. The Bertz CT molecular complexity index is 393. The van der Waals surface area contributed by atoms with Crippen molar-refractivity contribution in [2.75, 3.05) is 11.1 Å². The van der Waals surface area contributed by atoms with Crippen molar-refractivity contribution in [1.29, 1.82) is 0 Å². The minimum Gasteiger partial charge on any atom is -0.384 e. The van der Waals surface area contributed by atoms with Crippen molar-refractivity contribution in [2.24, 2.45) is 0 Å². The van der Waals surface area contributed by atoms with Crippen LogP contribution in [0.2, 0.25) is 0 Å². The number of anilines is 3. The molecule has 0 spiro atoms. The molecule has 0 radical (unpaired) electrons. The maximum Gasteiger partial charge on any atom is 0.123 e. The molecular weight excluding hydrogens is 254 g/mol. The largest absolute Gasteiger partial charge is 0.384 e. The maximum absolute atomic E-state index is 5.49. The molecule has 2 rings (SSSR count). The van der Waals surface area contributed by atoms with E-state index in [-0.39, 0.29) is 0 Å². The monoisotopic (exact) mass is 263 g/mol. The molecule has 0 aliphatic rings. The lowest BCUT2D eigenvalue weighted by molar-refractivity contribution is 1.33. The van der Waals surface area contributed by atoms with Gasteiger partial charge < -0.3 is 11.1 Å². The highest BCUT2D eigenvalue weighted by molar-refractivity contribution is 9.10. The van der Waals surface area contributed by atoms with E-state index in [1.807, 2.05) is 30.3 Å². The van der Waals surface area contributed by atoms with E-state index in [0.717, 1.165) is 15.8 Å². The summed E-state index contributed by atoms with van der Waals surface area (Å²) in [6.45, 7) is 0. The van der Waals surface area contributed by atoms with E-state index in [0.29, 0.717) is 5.82 Å². The zero-order valence-electron chi connectivity index (χ0n) is 7.94. The first kappa shape index (κ1) is 9.98. The molecule has 0 bridgehead atoms. The van der Waals surface area contributed by atoms with Gasteiger partial charge in [0, 0.05) is 10.2 Å². The number of nitrogen functional groups attached to an aromatic ring is 1. The molecule has 4 heteroatoms. The molecule has 0 atom stereocenters. The number of pyridine rings is 1. The van der Waals surface area contributed by atoms with Gasteiger partial charge in [-0.1, -0.05) is 15.9 Å². The Kier molecular flexibility index (Phi) is 2.87. The summed E-state index contributed by atoms with van der Waals surface area (Å²) in [5.41, 5.74) is 7.44. The fraction of sp³-hybridized carbons (Fsp3) is 0. The second-order valence-electron chi connectivity index (χ2n) is 3.10. The number of aromatic nitrogens is 1. The van der Waals surface area contributed by atoms with Crippen molar-refractivity contribution in [3.8, 4) is 0 Å². The van der Waals surface area contributed by atoms with Crippen LogP contribution >= 0.6 is 15.9 Å². The lowest BCUT2D eigenvalue weighted by Crippen LogP contribution is -1.93. The van der Waals surface area contributed by atoms with Crippen LogP contribution in [0.25, 0.3) is 0 Å². The SMILES string of the molecule is Nc1ccc(Nc2ccc(Br)cc2)cn1. The molecule has 1 heterocycles. The second-order valence-corrected chi connectivity index (χ2v) is 4.02. The van der Waals surface area contributed by atoms with Gasteiger partial charge >= 0.3 is 0 Å². The van der Waals surface area contributed by atoms with Gasteiger partial charge in [0.2, 0.25) is 0 Å². The number of halogens is 1. The molecule has 3 N–H and O–H groups in total. The van der Waals surface area contributed by atoms with Crippen LogP contribution in [0.3, 0.4) is 0 Å². The number of benzene rings is 1. The molecule has 0 saturated carbocycles. The third-order valence-electron chi connectivity index (χ3n) is 1.92. The molecule has 3 nitrogen and oxygen atoms in total. The van der Waals surface area contributed by atoms with Gasteiger partial charge in [-0.15, -0.1) is 0 Å². The van der Waals surface area contributed by atoms with Crippen molar-refractivity contribution in [3.05, 3.63) is 47.1 Å². The fourth-order valence-corrected chi connectivity index (χ4v) is 1.44. The molecule has 2 aromatic rings. The van der Waals surface area contributed by atoms with E-state index in [9.17, 15) is 0 Å². The predicted molar refractivity (Wildman–Crippen MR) is 66.1 cm³/mol. The summed E-state index contributed by atoms with van der Waals surface area (Å²) in [5, 5.41) is 3.22. The Labute approximate surface area is 96.5 Å². The van der Waals surface area contributed by atoms with Crippen molar-refractivity contribution in [3.63, 3.8) is 0 Å². The Hall–Kier alpha value is -1.55. The first-order chi connectivity index (χ1) is 7.24. The van der Waals surface area contributed by atoms with Crippen molar-refractivity contribution in [1.82, 2.24) is 4.98 Å². The topological polar surface area (TPSA) is 50.9 Å². The predicted octanol–water partition coefficient (Wildman–Crippen LogP) is 3.17. The van der Waals surface area contributed by atoms with Crippen LogP contribution < -0.4 is 11.1 Å². The van der Waals surface area contributed by atoms with Crippen LogP contribution in [0, 0.1) is 0 Å². The van der Waals surface area contributed by atoms with Gasteiger partial charge in [0.1, 0.15) is 5.82 Å². The highest BCUT2D eigenvalue weighted by atomic mass is 79.9. The quantitative estimate of drug-likeness (QED) is 0.875. The number of nitrogens with two attached hydrogens (primary N) is 1. The maximum atomic E-state index is 5.49. The first-order valence-corrected chi connectivity index (χ1v) is 5.27. The van der Waals surface area contributed by atoms with Gasteiger partial charge in [-0.2, -0.15) is 0 Å². The van der Waals surface area contributed by atoms with Crippen LogP contribution in [-0.4, -0.2) is 4.98 Å². The minimum atomic E-state index is 0.524. The molecule has 0 saturated heterocycles. The summed E-state index contributed by atoms with van der Waals surface area (Å²) in [7, 11) is 0. The summed E-state index contributed by atoms with van der Waals surface area (Å²) in [4.78, 5) is 4.00. The van der Waals surface area contributed by atoms with Gasteiger partial charge in [0.05, 0.1) is 11.9 Å². The Morgan fingerprint density at radius 1 is 1.00 bits per heavy atom. The number of nitrogens with zero attached hydrogens (tertiary/aromatic N) is 1. The van der Waals surface area contributed by atoms with E-state index in [1.54, 1.807) is 12.3 Å². The Morgan fingerprint density at radius 3 is 2.27 bits per heavy atom. The number of nitrogens with one attached hydrogen (secondary N) is 1. The van der Waals surface area contributed by atoms with E-state index in [2.05, 4.69) is 26.2 Å². The first-order valence-electron chi connectivity index (χ1n) is 4.48. The molecule has 15 heavy (non-hydrogen) atoms. The Morgan fingerprint density at radius 2 is 1.67 bits per heavy atom. The van der Waals surface area contributed by atoms with Crippen molar-refractivity contribution < 1.29 is 0 Å². The van der Waals surface area contributed by atoms with Gasteiger partial charge in [0.15, 0.2) is 0 Å². The number of rotatable bonds is 2. The average Bonchev–Trinajstić information content (AvgIpc) is 2.25. The normalized spacial score (nSPS) is 9.93. The molecule has 76 valence electrons. The summed E-state index contributed by atoms with van der Waals surface area (Å²) in [5.74, 6) is 0.524. The van der Waals surface area contributed by atoms with E-state index in [4.69, 9.17) is 5.73 Å². The third kappa shape index (κ3) is 2.70. The molecule has 0 aliphatic carbocycles. The van der Waals surface area contributed by atoms with Crippen LogP contribution in [0.5, 0.6) is 0 Å². The summed E-state index contributed by atoms with van der Waals surface area (Å²) in [6, 6.07) is 11.6. The molecule has 1 aromatic heterocycles. The molecule has 0 unspecified atom stereocenters. The molecular formula is C11H10BrN3. The molecule has 0 fully saturated rings.